The smallest absolute Gasteiger partial charge is 0.309 e. The van der Waals surface area contributed by atoms with Crippen molar-refractivity contribution in [2.75, 3.05) is 0 Å². The summed E-state index contributed by atoms with van der Waals surface area (Å²) < 4.78 is 48.3. The van der Waals surface area contributed by atoms with Gasteiger partial charge in [0.1, 0.15) is 11.6 Å². The van der Waals surface area contributed by atoms with Gasteiger partial charge in [0.05, 0.1) is 39.0 Å². The predicted octanol–water partition coefficient (Wildman–Crippen LogP) is 13.9. The van der Waals surface area contributed by atoms with E-state index in [9.17, 15) is 13.2 Å². The van der Waals surface area contributed by atoms with E-state index in [1.54, 1.807) is 18.2 Å². The van der Waals surface area contributed by atoms with Crippen LogP contribution in [-0.2, 0) is 6.18 Å². The average Bonchev–Trinajstić information content (AvgIpc) is 3.70. The van der Waals surface area contributed by atoms with Gasteiger partial charge in [-0.25, -0.2) is 15.0 Å². The van der Waals surface area contributed by atoms with Gasteiger partial charge in [-0.2, -0.15) is 13.2 Å². The zero-order valence-electron chi connectivity index (χ0n) is 34.1. The molecule has 60 heavy (non-hydrogen) atoms. The molecule has 0 N–H and O–H groups in total. The summed E-state index contributed by atoms with van der Waals surface area (Å²) in [7, 11) is 0. The Morgan fingerprint density at radius 3 is 1.25 bits per heavy atom. The molecular formula is C52H40F3N5. The zero-order chi connectivity index (χ0) is 41.6. The standard InChI is InChI=1S/C52H40F3N5/c1-29-11-17-46-39(23-29)40-24-30(2)12-18-47(40)59(46)45-21-15-35(37-9-7-8-10-44(37)52(53,54)55)27-38(45)36-16-22-50(43(28-36)51-57-33(5)56-34(6)58-51)60-48-19-13-31(3)25-41(48)42-26-32(4)14-20-49(42)60/h7-28H,1-6H3. The lowest BCUT2D eigenvalue weighted by Crippen LogP contribution is -2.07. The molecule has 0 bridgehead atoms. The summed E-state index contributed by atoms with van der Waals surface area (Å²) in [5, 5.41) is 4.49. The molecule has 0 spiro atoms. The van der Waals surface area contributed by atoms with Gasteiger partial charge in [-0.3, -0.25) is 0 Å². The summed E-state index contributed by atoms with van der Waals surface area (Å²) >= 11 is 0. The van der Waals surface area contributed by atoms with Gasteiger partial charge in [0.2, 0.25) is 0 Å². The fourth-order valence-electron chi connectivity index (χ4n) is 8.95. The minimum absolute atomic E-state index is 0.114. The molecule has 0 atom stereocenters. The minimum Gasteiger partial charge on any atom is -0.309 e. The Bertz CT molecular complexity index is 3250. The number of aromatic nitrogens is 5. The molecule has 0 fully saturated rings. The van der Waals surface area contributed by atoms with E-state index < -0.39 is 11.7 Å². The highest BCUT2D eigenvalue weighted by molar-refractivity contribution is 6.11. The maximum Gasteiger partial charge on any atom is 0.417 e. The van der Waals surface area contributed by atoms with E-state index in [-0.39, 0.29) is 5.56 Å². The van der Waals surface area contributed by atoms with Crippen molar-refractivity contribution < 1.29 is 13.2 Å². The second-order valence-corrected chi connectivity index (χ2v) is 16.0. The number of alkyl halides is 3. The molecular weight excluding hydrogens is 752 g/mol. The predicted molar refractivity (Wildman–Crippen MR) is 238 cm³/mol. The van der Waals surface area contributed by atoms with Crippen LogP contribution in [0.4, 0.5) is 13.2 Å². The van der Waals surface area contributed by atoms with Crippen molar-refractivity contribution in [3.05, 3.63) is 173 Å². The fourth-order valence-corrected chi connectivity index (χ4v) is 8.95. The number of rotatable bonds is 5. The SMILES string of the molecule is Cc1ccc2c(c1)c1cc(C)ccc1n2-c1ccc(-c2ccccc2C(F)(F)F)cc1-c1ccc(-n2c3ccc(C)cc3c3cc(C)ccc32)c(-c2nc(C)nc(C)n2)c1. The molecule has 8 heteroatoms. The molecule has 0 saturated heterocycles. The number of hydrogen-bond donors (Lipinski definition) is 0. The summed E-state index contributed by atoms with van der Waals surface area (Å²) in [6, 6.07) is 43.6. The van der Waals surface area contributed by atoms with E-state index in [0.29, 0.717) is 23.0 Å². The average molecular weight is 792 g/mol. The van der Waals surface area contributed by atoms with Crippen LogP contribution in [0.3, 0.4) is 0 Å². The minimum atomic E-state index is -4.54. The van der Waals surface area contributed by atoms with Gasteiger partial charge < -0.3 is 9.13 Å². The molecule has 3 heterocycles. The lowest BCUT2D eigenvalue weighted by molar-refractivity contribution is -0.137. The second-order valence-electron chi connectivity index (χ2n) is 16.0. The third-order valence-electron chi connectivity index (χ3n) is 11.6. The maximum atomic E-state index is 14.6. The quantitative estimate of drug-likeness (QED) is 0.174. The third-order valence-corrected chi connectivity index (χ3v) is 11.6. The normalized spacial score (nSPS) is 12.1. The largest absolute Gasteiger partial charge is 0.417 e. The fraction of sp³-hybridized carbons (Fsp3) is 0.135. The maximum absolute atomic E-state index is 14.6. The summed E-state index contributed by atoms with van der Waals surface area (Å²) in [6.45, 7) is 12.1. The molecule has 5 nitrogen and oxygen atoms in total. The van der Waals surface area contributed by atoms with Crippen molar-refractivity contribution in [2.24, 2.45) is 0 Å². The van der Waals surface area contributed by atoms with E-state index in [1.165, 1.54) is 6.07 Å². The molecule has 294 valence electrons. The Balaban J connectivity index is 1.31. The molecule has 0 radical (unpaired) electrons. The van der Waals surface area contributed by atoms with E-state index in [4.69, 9.17) is 9.97 Å². The monoisotopic (exact) mass is 791 g/mol. The highest BCUT2D eigenvalue weighted by Crippen LogP contribution is 2.44. The van der Waals surface area contributed by atoms with Crippen LogP contribution in [0.25, 0.3) is 88.6 Å². The van der Waals surface area contributed by atoms with Crippen molar-refractivity contribution in [3.63, 3.8) is 0 Å². The summed E-state index contributed by atoms with van der Waals surface area (Å²) in [4.78, 5) is 14.3. The van der Waals surface area contributed by atoms with Gasteiger partial charge in [-0.05, 0) is 137 Å². The van der Waals surface area contributed by atoms with E-state index in [1.807, 2.05) is 26.0 Å². The van der Waals surface area contributed by atoms with E-state index >= 15 is 0 Å². The van der Waals surface area contributed by atoms with Crippen molar-refractivity contribution in [3.8, 4) is 45.0 Å². The molecule has 7 aromatic carbocycles. The van der Waals surface area contributed by atoms with Crippen LogP contribution >= 0.6 is 0 Å². The lowest BCUT2D eigenvalue weighted by atomic mass is 9.93. The summed E-state index contributed by atoms with van der Waals surface area (Å²) in [5.74, 6) is 1.68. The number of fused-ring (bicyclic) bond motifs is 6. The second kappa shape index (κ2) is 13.8. The van der Waals surface area contributed by atoms with Gasteiger partial charge in [0, 0.05) is 32.7 Å². The summed E-state index contributed by atoms with van der Waals surface area (Å²) in [5.41, 5.74) is 12.6. The van der Waals surface area contributed by atoms with Crippen molar-refractivity contribution in [2.45, 2.75) is 47.7 Å². The molecule has 0 unspecified atom stereocenters. The number of nitrogens with zero attached hydrogens (tertiary/aromatic N) is 5. The van der Waals surface area contributed by atoms with Crippen LogP contribution in [0.2, 0.25) is 0 Å². The Labute approximate surface area is 345 Å². The van der Waals surface area contributed by atoms with Crippen molar-refractivity contribution >= 4 is 43.6 Å². The van der Waals surface area contributed by atoms with Gasteiger partial charge in [-0.15, -0.1) is 0 Å². The van der Waals surface area contributed by atoms with Crippen LogP contribution in [0, 0.1) is 41.5 Å². The Hall–Kier alpha value is -7.06. The first-order valence-corrected chi connectivity index (χ1v) is 20.0. The molecule has 0 saturated carbocycles. The van der Waals surface area contributed by atoms with Gasteiger partial charge in [0.15, 0.2) is 5.82 Å². The first-order valence-electron chi connectivity index (χ1n) is 20.0. The first kappa shape index (κ1) is 37.2. The van der Waals surface area contributed by atoms with E-state index in [0.717, 1.165) is 100.0 Å². The van der Waals surface area contributed by atoms with E-state index in [2.05, 4.69) is 133 Å². The van der Waals surface area contributed by atoms with Gasteiger partial charge >= 0.3 is 6.18 Å². The molecule has 0 aliphatic carbocycles. The number of hydrogen-bond acceptors (Lipinski definition) is 3. The molecule has 10 rings (SSSR count). The Kier molecular flexibility index (Phi) is 8.54. The number of halogens is 3. The Morgan fingerprint density at radius 1 is 0.400 bits per heavy atom. The lowest BCUT2D eigenvalue weighted by Gasteiger charge is -2.20. The van der Waals surface area contributed by atoms with Crippen LogP contribution in [0.5, 0.6) is 0 Å². The summed E-state index contributed by atoms with van der Waals surface area (Å²) in [6.07, 6.45) is -4.54. The van der Waals surface area contributed by atoms with Crippen molar-refractivity contribution in [1.82, 2.24) is 24.1 Å². The van der Waals surface area contributed by atoms with Gasteiger partial charge in [0.25, 0.3) is 0 Å². The third kappa shape index (κ3) is 6.13. The molecule has 10 aromatic rings. The molecule has 0 aliphatic rings. The Morgan fingerprint density at radius 2 is 0.800 bits per heavy atom. The highest BCUT2D eigenvalue weighted by atomic mass is 19.4. The van der Waals surface area contributed by atoms with Crippen LogP contribution < -0.4 is 0 Å². The van der Waals surface area contributed by atoms with Crippen LogP contribution in [0.1, 0.15) is 39.5 Å². The zero-order valence-corrected chi connectivity index (χ0v) is 34.1. The first-order chi connectivity index (χ1) is 28.8. The highest BCUT2D eigenvalue weighted by Gasteiger charge is 2.33. The number of benzene rings is 7. The van der Waals surface area contributed by atoms with Crippen molar-refractivity contribution in [1.29, 1.82) is 0 Å². The number of aryl methyl sites for hydroxylation is 6. The van der Waals surface area contributed by atoms with Crippen LogP contribution in [-0.4, -0.2) is 24.1 Å². The molecule has 0 amide bonds. The topological polar surface area (TPSA) is 48.5 Å². The van der Waals surface area contributed by atoms with Gasteiger partial charge in [-0.1, -0.05) is 76.9 Å². The van der Waals surface area contributed by atoms with Crippen LogP contribution in [0.15, 0.2) is 133 Å². The molecule has 3 aromatic heterocycles. The molecule has 0 aliphatic heterocycles.